The maximum absolute atomic E-state index is 12.6. The van der Waals surface area contributed by atoms with Gasteiger partial charge in [-0.1, -0.05) is 258 Å². The lowest BCUT2D eigenvalue weighted by molar-refractivity contribution is -0.161. The molecule has 0 radical (unpaired) electrons. The van der Waals surface area contributed by atoms with Gasteiger partial charge in [0.2, 0.25) is 0 Å². The number of ether oxygens (including phenoxy) is 2. The molecule has 0 spiro atoms. The summed E-state index contributed by atoms with van der Waals surface area (Å²) in [5.41, 5.74) is 0. The topological polar surface area (TPSA) is 108 Å². The zero-order valence-corrected chi connectivity index (χ0v) is 40.3. The van der Waals surface area contributed by atoms with Gasteiger partial charge in [0.15, 0.2) is 6.10 Å². The van der Waals surface area contributed by atoms with E-state index in [1.807, 2.05) is 0 Å². The molecule has 59 heavy (non-hydrogen) atoms. The first-order valence-corrected chi connectivity index (χ1v) is 27.2. The third kappa shape index (κ3) is 46.4. The second-order valence-electron chi connectivity index (χ2n) is 17.7. The summed E-state index contributed by atoms with van der Waals surface area (Å²) in [7, 11) is -3.19. The number of carbonyl (C=O) groups excluding carboxylic acids is 2. The van der Waals surface area contributed by atoms with Gasteiger partial charge in [-0.25, -0.2) is 4.57 Å². The number of unbranched alkanes of at least 4 members (excludes halogenated alkanes) is 38. The van der Waals surface area contributed by atoms with Gasteiger partial charge in [-0.3, -0.25) is 18.6 Å². The molecule has 0 aromatic rings. The van der Waals surface area contributed by atoms with Gasteiger partial charge in [0.25, 0.3) is 0 Å². The van der Waals surface area contributed by atoms with Crippen LogP contribution >= 0.6 is 7.82 Å². The average Bonchev–Trinajstić information content (AvgIpc) is 3.23. The van der Waals surface area contributed by atoms with Crippen molar-refractivity contribution >= 4 is 19.8 Å². The third-order valence-corrected chi connectivity index (χ3v) is 12.8. The van der Waals surface area contributed by atoms with Crippen LogP contribution in [0.15, 0.2) is 0 Å². The van der Waals surface area contributed by atoms with E-state index in [1.165, 1.54) is 218 Å². The van der Waals surface area contributed by atoms with Gasteiger partial charge in [0.05, 0.1) is 6.61 Å². The van der Waals surface area contributed by atoms with Gasteiger partial charge in [-0.05, 0) is 12.8 Å². The summed E-state index contributed by atoms with van der Waals surface area (Å²) in [5, 5.41) is 0. The summed E-state index contributed by atoms with van der Waals surface area (Å²) in [4.78, 5) is 34.6. The van der Waals surface area contributed by atoms with E-state index in [0.717, 1.165) is 45.6 Å². The number of phosphoric ester groups is 1. The number of hydrogen-bond acceptors (Lipinski definition) is 7. The summed E-state index contributed by atoms with van der Waals surface area (Å²) < 4.78 is 32.2. The fraction of sp³-hybridized carbons (Fsp3) is 0.960. The highest BCUT2D eigenvalue weighted by Crippen LogP contribution is 2.42. The molecule has 0 amide bonds. The Balaban J connectivity index is 3.84. The van der Waals surface area contributed by atoms with Crippen molar-refractivity contribution in [3.8, 4) is 0 Å². The predicted molar refractivity (Wildman–Crippen MR) is 249 cm³/mol. The average molecular weight is 859 g/mol. The molecule has 0 rings (SSSR count). The number of rotatable bonds is 49. The van der Waals surface area contributed by atoms with E-state index in [4.69, 9.17) is 14.0 Å². The lowest BCUT2D eigenvalue weighted by Gasteiger charge is -2.19. The lowest BCUT2D eigenvalue weighted by atomic mass is 10.0. The molecule has 0 fully saturated rings. The minimum Gasteiger partial charge on any atom is -0.462 e. The van der Waals surface area contributed by atoms with E-state index in [9.17, 15) is 19.0 Å². The van der Waals surface area contributed by atoms with Crippen molar-refractivity contribution in [2.75, 3.05) is 20.3 Å². The zero-order chi connectivity index (χ0) is 43.2. The molecule has 0 bridgehead atoms. The van der Waals surface area contributed by atoms with E-state index in [1.54, 1.807) is 0 Å². The summed E-state index contributed by atoms with van der Waals surface area (Å²) in [6.45, 7) is 3.95. The van der Waals surface area contributed by atoms with Gasteiger partial charge in [0.1, 0.15) is 6.61 Å². The summed E-state index contributed by atoms with van der Waals surface area (Å²) in [6, 6.07) is 0. The SMILES string of the molecule is CCCCCCCCCCCCCCCCCCCCCCCC(=O)OC(COC(=O)CCCCCCCCCCCCCCCCCCCCC)COP(=O)(O)OC. The van der Waals surface area contributed by atoms with E-state index >= 15 is 0 Å². The number of hydrogen-bond donors (Lipinski definition) is 1. The molecule has 0 aliphatic heterocycles. The molecule has 8 nitrogen and oxygen atoms in total. The first kappa shape index (κ1) is 58.0. The highest BCUT2D eigenvalue weighted by Gasteiger charge is 2.24. The second-order valence-corrected chi connectivity index (χ2v) is 19.2. The quantitative estimate of drug-likeness (QED) is 0.0366. The van der Waals surface area contributed by atoms with Crippen molar-refractivity contribution in [2.45, 2.75) is 290 Å². The van der Waals surface area contributed by atoms with Crippen LogP contribution in [-0.4, -0.2) is 43.3 Å². The predicted octanol–water partition coefficient (Wildman–Crippen LogP) is 16.6. The zero-order valence-electron chi connectivity index (χ0n) is 39.4. The molecule has 352 valence electrons. The van der Waals surface area contributed by atoms with E-state index in [2.05, 4.69) is 18.4 Å². The molecule has 2 unspecified atom stereocenters. The Kier molecular flexibility index (Phi) is 45.8. The number of phosphoric acid groups is 1. The van der Waals surface area contributed by atoms with Crippen molar-refractivity contribution in [1.82, 2.24) is 0 Å². The van der Waals surface area contributed by atoms with Gasteiger partial charge in [-0.2, -0.15) is 0 Å². The third-order valence-electron chi connectivity index (χ3n) is 11.9. The minimum absolute atomic E-state index is 0.216. The normalized spacial score (nSPS) is 13.1. The van der Waals surface area contributed by atoms with E-state index in [-0.39, 0.29) is 25.6 Å². The lowest BCUT2D eigenvalue weighted by Crippen LogP contribution is -2.29. The van der Waals surface area contributed by atoms with Gasteiger partial charge >= 0.3 is 19.8 Å². The van der Waals surface area contributed by atoms with Crippen molar-refractivity contribution in [3.05, 3.63) is 0 Å². The molecule has 0 aromatic carbocycles. The Bertz CT molecular complexity index is 931. The second kappa shape index (κ2) is 46.6. The molecule has 2 atom stereocenters. The van der Waals surface area contributed by atoms with Crippen LogP contribution in [0.3, 0.4) is 0 Å². The van der Waals surface area contributed by atoms with E-state index < -0.39 is 19.9 Å². The Hall–Kier alpha value is -0.950. The van der Waals surface area contributed by atoms with Crippen LogP contribution in [0.4, 0.5) is 0 Å². The van der Waals surface area contributed by atoms with Crippen molar-refractivity contribution in [3.63, 3.8) is 0 Å². The first-order chi connectivity index (χ1) is 28.8. The summed E-state index contributed by atoms with van der Waals surface area (Å²) in [6.07, 6.45) is 51.7. The molecule has 0 aromatic heterocycles. The van der Waals surface area contributed by atoms with Gasteiger partial charge in [0, 0.05) is 20.0 Å². The maximum Gasteiger partial charge on any atom is 0.472 e. The molecular formula is C50H99O8P. The van der Waals surface area contributed by atoms with Crippen LogP contribution in [-0.2, 0) is 32.7 Å². The highest BCUT2D eigenvalue weighted by atomic mass is 31.2. The monoisotopic (exact) mass is 859 g/mol. The maximum atomic E-state index is 12.6. The number of carbonyl (C=O) groups is 2. The van der Waals surface area contributed by atoms with Crippen LogP contribution in [0.2, 0.25) is 0 Å². The van der Waals surface area contributed by atoms with Crippen LogP contribution in [0, 0.1) is 0 Å². The molecule has 0 saturated heterocycles. The molecule has 9 heteroatoms. The van der Waals surface area contributed by atoms with Crippen LogP contribution in [0.25, 0.3) is 0 Å². The molecule has 0 aliphatic rings. The Morgan fingerprint density at radius 3 is 0.932 bits per heavy atom. The molecular weight excluding hydrogens is 760 g/mol. The largest absolute Gasteiger partial charge is 0.472 e. The summed E-state index contributed by atoms with van der Waals surface area (Å²) in [5.74, 6) is -0.780. The molecule has 1 N–H and O–H groups in total. The number of esters is 2. The minimum atomic E-state index is -4.26. The Morgan fingerprint density at radius 2 is 0.661 bits per heavy atom. The van der Waals surface area contributed by atoms with Gasteiger partial charge < -0.3 is 14.4 Å². The Labute approximate surface area is 366 Å². The van der Waals surface area contributed by atoms with Crippen LogP contribution in [0.5, 0.6) is 0 Å². The standard InChI is InChI=1S/C50H99O8P/c1-4-6-8-10-12-14-16-18-20-22-24-25-27-29-31-33-35-37-39-41-43-45-50(52)58-48(47-57-59(53,54)55-3)46-56-49(51)44-42-40-38-36-34-32-30-28-26-23-21-19-17-15-13-11-9-7-5-2/h48H,4-47H2,1-3H3,(H,53,54). The van der Waals surface area contributed by atoms with Crippen molar-refractivity contribution in [1.29, 1.82) is 0 Å². The first-order valence-electron chi connectivity index (χ1n) is 25.7. The highest BCUT2D eigenvalue weighted by molar-refractivity contribution is 7.47. The van der Waals surface area contributed by atoms with Crippen LogP contribution in [0.1, 0.15) is 284 Å². The summed E-state index contributed by atoms with van der Waals surface area (Å²) >= 11 is 0. The fourth-order valence-corrected chi connectivity index (χ4v) is 8.36. The molecule has 0 aliphatic carbocycles. The van der Waals surface area contributed by atoms with E-state index in [0.29, 0.717) is 6.42 Å². The smallest absolute Gasteiger partial charge is 0.462 e. The van der Waals surface area contributed by atoms with Crippen molar-refractivity contribution < 1.29 is 37.6 Å². The molecule has 0 heterocycles. The molecule has 0 saturated carbocycles. The fourth-order valence-electron chi connectivity index (χ4n) is 7.90. The van der Waals surface area contributed by atoms with Crippen molar-refractivity contribution in [2.24, 2.45) is 0 Å². The Morgan fingerprint density at radius 1 is 0.407 bits per heavy atom. The van der Waals surface area contributed by atoms with Crippen LogP contribution < -0.4 is 0 Å². The van der Waals surface area contributed by atoms with Gasteiger partial charge in [-0.15, -0.1) is 0 Å².